The average Bonchev–Trinajstić information content (AvgIpc) is 2.79. The highest BCUT2D eigenvalue weighted by Gasteiger charge is 2.29. The van der Waals surface area contributed by atoms with Gasteiger partial charge in [0.1, 0.15) is 0 Å². The molecular weight excluding hydrogens is 232 g/mol. The number of hydrogen-bond donors (Lipinski definition) is 1. The zero-order chi connectivity index (χ0) is 12.7. The van der Waals surface area contributed by atoms with Gasteiger partial charge in [0.15, 0.2) is 11.5 Å². The second kappa shape index (κ2) is 3.87. The Morgan fingerprint density at radius 3 is 3.11 bits per heavy atom. The molecule has 1 aromatic carbocycles. The normalized spacial score (nSPS) is 20.6. The molecule has 0 aliphatic carbocycles. The van der Waals surface area contributed by atoms with Crippen molar-refractivity contribution in [1.29, 1.82) is 0 Å². The molecule has 2 aliphatic heterocycles. The molecule has 3 rings (SSSR count). The van der Waals surface area contributed by atoms with E-state index in [0.717, 1.165) is 6.42 Å². The highest BCUT2D eigenvalue weighted by molar-refractivity contribution is 6.04. The van der Waals surface area contributed by atoms with Crippen molar-refractivity contribution in [1.82, 2.24) is 4.90 Å². The first kappa shape index (κ1) is 10.8. The summed E-state index contributed by atoms with van der Waals surface area (Å²) in [6.07, 6.45) is 6.21. The summed E-state index contributed by atoms with van der Waals surface area (Å²) in [5.74, 6) is 0.136. The number of phenols is 1. The summed E-state index contributed by atoms with van der Waals surface area (Å²) < 4.78 is 5.02. The van der Waals surface area contributed by atoms with Gasteiger partial charge in [-0.3, -0.25) is 9.79 Å². The lowest BCUT2D eigenvalue weighted by atomic mass is 10.1. The third-order valence-electron chi connectivity index (χ3n) is 3.15. The molecule has 5 nitrogen and oxygen atoms in total. The molecule has 5 heteroatoms. The molecule has 2 aliphatic rings. The van der Waals surface area contributed by atoms with Crippen molar-refractivity contribution in [2.24, 2.45) is 4.99 Å². The average molecular weight is 244 g/mol. The first-order valence-corrected chi connectivity index (χ1v) is 5.65. The summed E-state index contributed by atoms with van der Waals surface area (Å²) in [4.78, 5) is 18.3. The number of amides is 1. The van der Waals surface area contributed by atoms with E-state index in [1.807, 2.05) is 6.08 Å². The van der Waals surface area contributed by atoms with E-state index < -0.39 is 0 Å². The minimum Gasteiger partial charge on any atom is -0.504 e. The Hall–Kier alpha value is -2.30. The van der Waals surface area contributed by atoms with E-state index >= 15 is 0 Å². The van der Waals surface area contributed by atoms with Gasteiger partial charge in [0.05, 0.1) is 24.4 Å². The van der Waals surface area contributed by atoms with Crippen LogP contribution in [0.3, 0.4) is 0 Å². The van der Waals surface area contributed by atoms with Crippen LogP contribution in [-0.4, -0.2) is 35.3 Å². The second-order valence-corrected chi connectivity index (χ2v) is 4.22. The van der Waals surface area contributed by atoms with Crippen LogP contribution in [0.2, 0.25) is 0 Å². The SMILES string of the molecule is COc1cc2c(cc1O)N=CC1CC=CN1C2=O. The summed E-state index contributed by atoms with van der Waals surface area (Å²) in [5.41, 5.74) is 0.913. The largest absolute Gasteiger partial charge is 0.504 e. The van der Waals surface area contributed by atoms with Crippen molar-refractivity contribution in [3.63, 3.8) is 0 Å². The maximum absolute atomic E-state index is 12.4. The van der Waals surface area contributed by atoms with Gasteiger partial charge in [-0.05, 0) is 12.5 Å². The fraction of sp³-hybridized carbons (Fsp3) is 0.231. The van der Waals surface area contributed by atoms with Gasteiger partial charge in [0, 0.05) is 18.5 Å². The Kier molecular flexibility index (Phi) is 2.33. The molecule has 1 N–H and O–H groups in total. The standard InChI is InChI=1S/C13H12N2O3/c1-18-12-5-9-10(6-11(12)16)14-7-8-3-2-4-15(8)13(9)17/h2,4-8,16H,3H2,1H3. The molecule has 92 valence electrons. The van der Waals surface area contributed by atoms with Gasteiger partial charge in [0.25, 0.3) is 5.91 Å². The predicted octanol–water partition coefficient (Wildman–Crippen LogP) is 1.84. The second-order valence-electron chi connectivity index (χ2n) is 4.22. The number of carbonyl (C=O) groups excluding carboxylic acids is 1. The van der Waals surface area contributed by atoms with Crippen LogP contribution >= 0.6 is 0 Å². The molecule has 0 fully saturated rings. The first-order chi connectivity index (χ1) is 8.70. The van der Waals surface area contributed by atoms with Gasteiger partial charge in [-0.15, -0.1) is 0 Å². The third kappa shape index (κ3) is 1.48. The van der Waals surface area contributed by atoms with Crippen LogP contribution in [0, 0.1) is 0 Å². The molecule has 0 saturated heterocycles. The molecule has 0 bridgehead atoms. The molecule has 1 atom stereocenters. The Labute approximate surface area is 104 Å². The van der Waals surface area contributed by atoms with E-state index in [1.54, 1.807) is 17.3 Å². The number of methoxy groups -OCH3 is 1. The quantitative estimate of drug-likeness (QED) is 0.820. The zero-order valence-electron chi connectivity index (χ0n) is 9.83. The number of nitrogens with zero attached hydrogens (tertiary/aromatic N) is 2. The maximum Gasteiger partial charge on any atom is 0.260 e. The van der Waals surface area contributed by atoms with E-state index in [1.165, 1.54) is 19.2 Å². The Balaban J connectivity index is 2.15. The first-order valence-electron chi connectivity index (χ1n) is 5.65. The number of aromatic hydroxyl groups is 1. The predicted molar refractivity (Wildman–Crippen MR) is 66.5 cm³/mol. The third-order valence-corrected chi connectivity index (χ3v) is 3.15. The van der Waals surface area contributed by atoms with Crippen molar-refractivity contribution in [3.8, 4) is 11.5 Å². The molecule has 2 heterocycles. The summed E-state index contributed by atoms with van der Waals surface area (Å²) in [5, 5.41) is 9.71. The van der Waals surface area contributed by atoms with Crippen LogP contribution in [0.4, 0.5) is 5.69 Å². The lowest BCUT2D eigenvalue weighted by Crippen LogP contribution is -2.32. The number of ether oxygens (including phenoxy) is 1. The molecule has 1 unspecified atom stereocenters. The molecule has 0 saturated carbocycles. The number of rotatable bonds is 1. The Morgan fingerprint density at radius 1 is 1.50 bits per heavy atom. The number of carbonyl (C=O) groups is 1. The van der Waals surface area contributed by atoms with Gasteiger partial charge in [-0.25, -0.2) is 0 Å². The van der Waals surface area contributed by atoms with Crippen molar-refractivity contribution in [2.75, 3.05) is 7.11 Å². The smallest absolute Gasteiger partial charge is 0.260 e. The molecule has 0 radical (unpaired) electrons. The van der Waals surface area contributed by atoms with Gasteiger partial charge in [-0.1, -0.05) is 6.08 Å². The van der Waals surface area contributed by atoms with Crippen molar-refractivity contribution in [2.45, 2.75) is 12.5 Å². The van der Waals surface area contributed by atoms with Crippen LogP contribution < -0.4 is 4.74 Å². The van der Waals surface area contributed by atoms with Crippen LogP contribution in [0.25, 0.3) is 0 Å². The monoisotopic (exact) mass is 244 g/mol. The highest BCUT2D eigenvalue weighted by atomic mass is 16.5. The summed E-state index contributed by atoms with van der Waals surface area (Å²) in [6, 6.07) is 2.95. The van der Waals surface area contributed by atoms with E-state index in [9.17, 15) is 9.90 Å². The number of fused-ring (bicyclic) bond motifs is 2. The van der Waals surface area contributed by atoms with Crippen molar-refractivity contribution in [3.05, 3.63) is 30.0 Å². The van der Waals surface area contributed by atoms with Crippen LogP contribution in [-0.2, 0) is 0 Å². The van der Waals surface area contributed by atoms with Gasteiger partial charge >= 0.3 is 0 Å². The Bertz CT molecular complexity index is 578. The molecule has 18 heavy (non-hydrogen) atoms. The minimum atomic E-state index is -0.125. The number of hydrogen-bond acceptors (Lipinski definition) is 4. The molecule has 1 amide bonds. The molecule has 0 spiro atoms. The number of benzene rings is 1. The summed E-state index contributed by atoms with van der Waals surface area (Å²) >= 11 is 0. The fourth-order valence-corrected chi connectivity index (χ4v) is 2.19. The summed E-state index contributed by atoms with van der Waals surface area (Å²) in [7, 11) is 1.45. The lowest BCUT2D eigenvalue weighted by molar-refractivity contribution is 0.0817. The highest BCUT2D eigenvalue weighted by Crippen LogP contribution is 2.36. The van der Waals surface area contributed by atoms with E-state index in [4.69, 9.17) is 4.74 Å². The summed E-state index contributed by atoms with van der Waals surface area (Å²) in [6.45, 7) is 0. The van der Waals surface area contributed by atoms with Crippen LogP contribution in [0.5, 0.6) is 11.5 Å². The van der Waals surface area contributed by atoms with E-state index in [0.29, 0.717) is 11.3 Å². The van der Waals surface area contributed by atoms with Gasteiger partial charge in [-0.2, -0.15) is 0 Å². The molecule has 0 aromatic heterocycles. The van der Waals surface area contributed by atoms with Crippen molar-refractivity contribution >= 4 is 17.8 Å². The Morgan fingerprint density at radius 2 is 2.33 bits per heavy atom. The van der Waals surface area contributed by atoms with Gasteiger partial charge < -0.3 is 14.7 Å². The minimum absolute atomic E-state index is 0.0150. The molecular formula is C13H12N2O3. The zero-order valence-corrected chi connectivity index (χ0v) is 9.83. The van der Waals surface area contributed by atoms with Crippen LogP contribution in [0.1, 0.15) is 16.8 Å². The maximum atomic E-state index is 12.4. The van der Waals surface area contributed by atoms with Gasteiger partial charge in [0.2, 0.25) is 0 Å². The van der Waals surface area contributed by atoms with E-state index in [-0.39, 0.29) is 23.4 Å². The topological polar surface area (TPSA) is 62.1 Å². The van der Waals surface area contributed by atoms with E-state index in [2.05, 4.69) is 4.99 Å². The van der Waals surface area contributed by atoms with Crippen molar-refractivity contribution < 1.29 is 14.6 Å². The lowest BCUT2D eigenvalue weighted by Gasteiger charge is -2.18. The molecule has 1 aromatic rings. The number of aliphatic imine (C=N–C) groups is 1. The fourth-order valence-electron chi connectivity index (χ4n) is 2.19. The number of phenolic OH excluding ortho intramolecular Hbond substituents is 1. The van der Waals surface area contributed by atoms with Crippen LogP contribution in [0.15, 0.2) is 29.4 Å².